The third-order valence-corrected chi connectivity index (χ3v) is 3.67. The van der Waals surface area contributed by atoms with Crippen LogP contribution in [-0.2, 0) is 14.5 Å². The molecule has 0 spiro atoms. The van der Waals surface area contributed by atoms with Gasteiger partial charge in [0.2, 0.25) is 5.60 Å². The molecule has 0 amide bonds. The fourth-order valence-corrected chi connectivity index (χ4v) is 2.24. The molecule has 5 nitrogen and oxygen atoms in total. The number of oxime groups is 2. The lowest BCUT2D eigenvalue weighted by Gasteiger charge is -2.18. The minimum atomic E-state index is -1.02. The van der Waals surface area contributed by atoms with Crippen molar-refractivity contribution in [3.05, 3.63) is 0 Å². The molecular weight excluding hydrogens is 244 g/mol. The Kier molecular flexibility index (Phi) is 4.22. The molecular formula is C14H22N2O3. The topological polar surface area (TPSA) is 60.2 Å². The van der Waals surface area contributed by atoms with Crippen LogP contribution in [0.5, 0.6) is 0 Å². The molecule has 0 aromatic carbocycles. The molecule has 0 saturated heterocycles. The third-order valence-electron chi connectivity index (χ3n) is 3.67. The first-order valence-corrected chi connectivity index (χ1v) is 7.03. The van der Waals surface area contributed by atoms with Gasteiger partial charge in [-0.25, -0.2) is 4.79 Å². The van der Waals surface area contributed by atoms with E-state index in [-0.39, 0.29) is 5.92 Å². The van der Waals surface area contributed by atoms with Gasteiger partial charge in [-0.05, 0) is 38.5 Å². The molecule has 0 radical (unpaired) electrons. The van der Waals surface area contributed by atoms with Crippen molar-refractivity contribution in [1.29, 1.82) is 0 Å². The van der Waals surface area contributed by atoms with Crippen LogP contribution in [0.25, 0.3) is 0 Å². The quantitative estimate of drug-likeness (QED) is 0.582. The summed E-state index contributed by atoms with van der Waals surface area (Å²) in [7, 11) is 0. The molecule has 1 fully saturated rings. The van der Waals surface area contributed by atoms with Crippen molar-refractivity contribution in [1.82, 2.24) is 0 Å². The summed E-state index contributed by atoms with van der Waals surface area (Å²) in [6.07, 6.45) is 5.83. The first-order valence-electron chi connectivity index (χ1n) is 7.03. The fourth-order valence-electron chi connectivity index (χ4n) is 2.24. The Bertz CT molecular complexity index is 407. The van der Waals surface area contributed by atoms with Gasteiger partial charge in [-0.15, -0.1) is 0 Å². The van der Waals surface area contributed by atoms with Crippen LogP contribution in [0.2, 0.25) is 0 Å². The first-order chi connectivity index (χ1) is 9.01. The van der Waals surface area contributed by atoms with Crippen LogP contribution < -0.4 is 0 Å². The number of hydrogen-bond acceptors (Lipinski definition) is 5. The normalized spacial score (nSPS) is 26.9. The molecule has 0 aromatic rings. The Morgan fingerprint density at radius 2 is 2.05 bits per heavy atom. The lowest BCUT2D eigenvalue weighted by atomic mass is 9.94. The smallest absolute Gasteiger partial charge is 0.377 e. The molecule has 2 aliphatic rings. The number of carbonyl (C=O) groups is 1. The maximum absolute atomic E-state index is 12.1. The van der Waals surface area contributed by atoms with Gasteiger partial charge in [0, 0.05) is 6.42 Å². The average molecular weight is 266 g/mol. The van der Waals surface area contributed by atoms with Crippen LogP contribution in [0.4, 0.5) is 0 Å². The van der Waals surface area contributed by atoms with Crippen molar-refractivity contribution in [3.8, 4) is 0 Å². The largest absolute Gasteiger partial charge is 0.381 e. The van der Waals surface area contributed by atoms with Crippen molar-refractivity contribution in [2.75, 3.05) is 0 Å². The number of hydrogen-bond donors (Lipinski definition) is 0. The van der Waals surface area contributed by atoms with E-state index < -0.39 is 11.6 Å². The van der Waals surface area contributed by atoms with E-state index in [1.807, 2.05) is 13.8 Å². The summed E-state index contributed by atoms with van der Waals surface area (Å²) >= 11 is 0. The summed E-state index contributed by atoms with van der Waals surface area (Å²) < 4.78 is 0. The fraction of sp³-hybridized carbons (Fsp3) is 0.786. The Labute approximate surface area is 114 Å². The van der Waals surface area contributed by atoms with Gasteiger partial charge >= 0.3 is 5.97 Å². The second-order valence-corrected chi connectivity index (χ2v) is 5.83. The SMILES string of the molecule is CC(C)C1=NOC(C)(C(=O)ON=C2CCCCC2)C1. The number of nitrogens with zero attached hydrogens (tertiary/aromatic N) is 2. The minimum Gasteiger partial charge on any atom is -0.377 e. The molecule has 19 heavy (non-hydrogen) atoms. The standard InChI is InChI=1S/C14H22N2O3/c1-10(2)12-9-14(3,19-16-12)13(17)18-15-11-7-5-4-6-8-11/h10H,4-9H2,1-3H3. The maximum Gasteiger partial charge on any atom is 0.381 e. The third kappa shape index (κ3) is 3.33. The van der Waals surface area contributed by atoms with Crippen molar-refractivity contribution in [3.63, 3.8) is 0 Å². The van der Waals surface area contributed by atoms with E-state index in [0.717, 1.165) is 37.1 Å². The van der Waals surface area contributed by atoms with Crippen LogP contribution in [0, 0.1) is 5.92 Å². The van der Waals surface area contributed by atoms with E-state index in [9.17, 15) is 4.79 Å². The molecule has 0 N–H and O–H groups in total. The van der Waals surface area contributed by atoms with Crippen LogP contribution in [0.3, 0.4) is 0 Å². The Morgan fingerprint density at radius 3 is 2.63 bits per heavy atom. The summed E-state index contributed by atoms with van der Waals surface area (Å²) in [5, 5.41) is 7.95. The molecule has 0 aromatic heterocycles. The molecule has 1 saturated carbocycles. The Hall–Kier alpha value is -1.39. The van der Waals surface area contributed by atoms with Gasteiger partial charge in [-0.1, -0.05) is 30.6 Å². The van der Waals surface area contributed by atoms with Crippen molar-refractivity contribution >= 4 is 17.4 Å². The molecule has 0 bridgehead atoms. The zero-order chi connectivity index (χ0) is 13.9. The van der Waals surface area contributed by atoms with E-state index in [0.29, 0.717) is 6.42 Å². The number of carbonyl (C=O) groups excluding carboxylic acids is 1. The molecule has 106 valence electrons. The zero-order valence-corrected chi connectivity index (χ0v) is 11.9. The average Bonchev–Trinajstić information content (AvgIpc) is 2.81. The Morgan fingerprint density at radius 1 is 1.37 bits per heavy atom. The van der Waals surface area contributed by atoms with Gasteiger partial charge in [0.25, 0.3) is 0 Å². The summed E-state index contributed by atoms with van der Waals surface area (Å²) in [5.74, 6) is -0.177. The van der Waals surface area contributed by atoms with Crippen LogP contribution in [-0.4, -0.2) is 23.0 Å². The highest BCUT2D eigenvalue weighted by Crippen LogP contribution is 2.28. The summed E-state index contributed by atoms with van der Waals surface area (Å²) in [4.78, 5) is 22.4. The van der Waals surface area contributed by atoms with Crippen LogP contribution in [0.15, 0.2) is 10.3 Å². The van der Waals surface area contributed by atoms with Gasteiger partial charge < -0.3 is 9.68 Å². The van der Waals surface area contributed by atoms with Gasteiger partial charge in [0.15, 0.2) is 0 Å². The highest BCUT2D eigenvalue weighted by atomic mass is 16.7. The molecule has 1 atom stereocenters. The first kappa shape index (κ1) is 14.0. The van der Waals surface area contributed by atoms with Crippen LogP contribution in [0.1, 0.15) is 59.3 Å². The molecule has 1 aliphatic carbocycles. The molecule has 5 heteroatoms. The van der Waals surface area contributed by atoms with Crippen molar-refractivity contribution in [2.45, 2.75) is 64.9 Å². The van der Waals surface area contributed by atoms with E-state index >= 15 is 0 Å². The summed E-state index contributed by atoms with van der Waals surface area (Å²) in [5.41, 5.74) is 0.856. The predicted molar refractivity (Wildman–Crippen MR) is 73.0 cm³/mol. The highest BCUT2D eigenvalue weighted by Gasteiger charge is 2.44. The molecule has 1 unspecified atom stereocenters. The van der Waals surface area contributed by atoms with E-state index in [2.05, 4.69) is 10.3 Å². The monoisotopic (exact) mass is 266 g/mol. The summed E-state index contributed by atoms with van der Waals surface area (Å²) in [6, 6.07) is 0. The minimum absolute atomic E-state index is 0.277. The van der Waals surface area contributed by atoms with E-state index in [1.165, 1.54) is 6.42 Å². The van der Waals surface area contributed by atoms with Gasteiger partial charge in [0.05, 0.1) is 11.4 Å². The van der Waals surface area contributed by atoms with Gasteiger partial charge in [0.1, 0.15) is 0 Å². The second kappa shape index (κ2) is 5.72. The molecule has 1 aliphatic heterocycles. The highest BCUT2D eigenvalue weighted by molar-refractivity contribution is 5.94. The van der Waals surface area contributed by atoms with Gasteiger partial charge in [-0.3, -0.25) is 0 Å². The molecule has 2 rings (SSSR count). The molecule has 1 heterocycles. The van der Waals surface area contributed by atoms with E-state index in [4.69, 9.17) is 9.68 Å². The lowest BCUT2D eigenvalue weighted by molar-refractivity contribution is -0.167. The Balaban J connectivity index is 1.90. The van der Waals surface area contributed by atoms with Crippen molar-refractivity contribution in [2.24, 2.45) is 16.2 Å². The predicted octanol–water partition coefficient (Wildman–Crippen LogP) is 3.04. The van der Waals surface area contributed by atoms with Crippen molar-refractivity contribution < 1.29 is 14.5 Å². The number of rotatable bonds is 3. The lowest BCUT2D eigenvalue weighted by Crippen LogP contribution is -2.37. The maximum atomic E-state index is 12.1. The zero-order valence-electron chi connectivity index (χ0n) is 11.9. The second-order valence-electron chi connectivity index (χ2n) is 5.83. The van der Waals surface area contributed by atoms with E-state index in [1.54, 1.807) is 6.92 Å². The van der Waals surface area contributed by atoms with Gasteiger partial charge in [-0.2, -0.15) is 0 Å². The van der Waals surface area contributed by atoms with Crippen LogP contribution >= 0.6 is 0 Å². The summed E-state index contributed by atoms with van der Waals surface area (Å²) in [6.45, 7) is 5.76.